The number of benzene rings is 1. The topological polar surface area (TPSA) is 64.6 Å². The predicted octanol–water partition coefficient (Wildman–Crippen LogP) is 5.23. The molecule has 3 rings (SSSR count). The van der Waals surface area contributed by atoms with E-state index in [-0.39, 0.29) is 18.5 Å². The Kier molecular flexibility index (Phi) is 8.38. The van der Waals surface area contributed by atoms with E-state index in [1.807, 2.05) is 30.3 Å². The van der Waals surface area contributed by atoms with Gasteiger partial charge < -0.3 is 14.8 Å². The van der Waals surface area contributed by atoms with Crippen LogP contribution in [0.1, 0.15) is 69.8 Å². The van der Waals surface area contributed by atoms with E-state index < -0.39 is 12.1 Å². The second-order valence-electron chi connectivity index (χ2n) is 8.58. The number of alkyl carbamates (subject to hydrolysis) is 1. The van der Waals surface area contributed by atoms with Crippen molar-refractivity contribution < 1.29 is 19.1 Å². The summed E-state index contributed by atoms with van der Waals surface area (Å²) in [6, 6.07) is 8.95. The molecule has 2 aliphatic rings. The molecule has 0 unspecified atom stereocenters. The van der Waals surface area contributed by atoms with Crippen LogP contribution in [0.25, 0.3) is 0 Å². The van der Waals surface area contributed by atoms with Crippen molar-refractivity contribution in [3.8, 4) is 0 Å². The zero-order chi connectivity index (χ0) is 20.5. The molecular weight excluding hydrogens is 366 g/mol. The summed E-state index contributed by atoms with van der Waals surface area (Å²) < 4.78 is 10.5. The van der Waals surface area contributed by atoms with E-state index in [1.54, 1.807) is 0 Å². The van der Waals surface area contributed by atoms with E-state index in [0.717, 1.165) is 31.2 Å². The first kappa shape index (κ1) is 21.7. The molecule has 0 radical (unpaired) electrons. The van der Waals surface area contributed by atoms with Crippen molar-refractivity contribution in [3.63, 3.8) is 0 Å². The van der Waals surface area contributed by atoms with E-state index in [1.165, 1.54) is 45.6 Å². The Labute approximate surface area is 174 Å². The van der Waals surface area contributed by atoms with Crippen molar-refractivity contribution in [2.24, 2.45) is 17.8 Å². The fraction of sp³-hybridized carbons (Fsp3) is 0.667. The van der Waals surface area contributed by atoms with Gasteiger partial charge in [0.15, 0.2) is 0 Å². The zero-order valence-corrected chi connectivity index (χ0v) is 17.6. The van der Waals surface area contributed by atoms with Crippen molar-refractivity contribution in [2.75, 3.05) is 7.11 Å². The minimum Gasteiger partial charge on any atom is -0.467 e. The summed E-state index contributed by atoms with van der Waals surface area (Å²) in [6.07, 6.45) is 11.4. The number of amides is 1. The first-order valence-electron chi connectivity index (χ1n) is 11.2. The lowest BCUT2D eigenvalue weighted by Gasteiger charge is -2.41. The molecule has 5 heteroatoms. The molecule has 0 bridgehead atoms. The number of nitrogens with one attached hydrogen (secondary N) is 1. The molecule has 2 fully saturated rings. The van der Waals surface area contributed by atoms with Gasteiger partial charge in [-0.05, 0) is 23.3 Å². The van der Waals surface area contributed by atoms with Gasteiger partial charge in [0, 0.05) is 0 Å². The number of carbonyl (C=O) groups is 2. The van der Waals surface area contributed by atoms with Gasteiger partial charge in [0.05, 0.1) is 7.11 Å². The van der Waals surface area contributed by atoms with Gasteiger partial charge in [-0.2, -0.15) is 0 Å². The summed E-state index contributed by atoms with van der Waals surface area (Å²) in [5, 5.41) is 2.90. The number of esters is 1. The van der Waals surface area contributed by atoms with Crippen LogP contribution in [0.5, 0.6) is 0 Å². The molecule has 2 aliphatic carbocycles. The second kappa shape index (κ2) is 11.2. The highest BCUT2D eigenvalue weighted by Gasteiger charge is 2.41. The molecule has 0 saturated heterocycles. The molecule has 1 amide bonds. The van der Waals surface area contributed by atoms with Gasteiger partial charge in [-0.1, -0.05) is 94.5 Å². The minimum absolute atomic E-state index is 0.132. The zero-order valence-electron chi connectivity index (χ0n) is 17.6. The van der Waals surface area contributed by atoms with Crippen molar-refractivity contribution in [3.05, 3.63) is 35.9 Å². The average Bonchev–Trinajstić information content (AvgIpc) is 2.79. The van der Waals surface area contributed by atoms with Crippen LogP contribution in [-0.4, -0.2) is 25.2 Å². The number of hydrogen-bond acceptors (Lipinski definition) is 4. The number of carbonyl (C=O) groups excluding carboxylic acids is 2. The molecule has 1 aromatic carbocycles. The van der Waals surface area contributed by atoms with Crippen LogP contribution in [0, 0.1) is 17.8 Å². The van der Waals surface area contributed by atoms with Crippen molar-refractivity contribution in [2.45, 2.75) is 76.9 Å². The minimum atomic E-state index is -0.630. The van der Waals surface area contributed by atoms with Crippen LogP contribution >= 0.6 is 0 Å². The molecule has 0 spiro atoms. The van der Waals surface area contributed by atoms with Gasteiger partial charge in [0.25, 0.3) is 0 Å². The Morgan fingerprint density at radius 3 is 2.00 bits per heavy atom. The maximum Gasteiger partial charge on any atom is 0.408 e. The monoisotopic (exact) mass is 401 g/mol. The summed E-state index contributed by atoms with van der Waals surface area (Å²) in [4.78, 5) is 25.3. The number of hydrogen-bond donors (Lipinski definition) is 1. The highest BCUT2D eigenvalue weighted by molar-refractivity contribution is 5.81. The van der Waals surface area contributed by atoms with E-state index in [4.69, 9.17) is 9.47 Å². The van der Waals surface area contributed by atoms with Crippen molar-refractivity contribution in [1.82, 2.24) is 5.32 Å². The molecule has 1 N–H and O–H groups in total. The van der Waals surface area contributed by atoms with E-state index in [0.29, 0.717) is 11.8 Å². The number of ether oxygens (including phenoxy) is 2. The summed E-state index contributed by atoms with van der Waals surface area (Å²) in [7, 11) is 1.41. The van der Waals surface area contributed by atoms with Gasteiger partial charge in [-0.25, -0.2) is 9.59 Å². The molecule has 0 heterocycles. The Morgan fingerprint density at radius 2 is 1.48 bits per heavy atom. The largest absolute Gasteiger partial charge is 0.467 e. The lowest BCUT2D eigenvalue weighted by Crippen LogP contribution is -2.52. The molecule has 0 aromatic heterocycles. The predicted molar refractivity (Wildman–Crippen MR) is 112 cm³/mol. The highest BCUT2D eigenvalue weighted by atomic mass is 16.6. The van der Waals surface area contributed by atoms with Gasteiger partial charge in [-0.15, -0.1) is 0 Å². The van der Waals surface area contributed by atoms with Crippen molar-refractivity contribution in [1.29, 1.82) is 0 Å². The normalized spacial score (nSPS) is 19.5. The number of rotatable bonds is 7. The van der Waals surface area contributed by atoms with Crippen LogP contribution in [0.4, 0.5) is 4.79 Å². The fourth-order valence-corrected chi connectivity index (χ4v) is 5.30. The molecule has 5 nitrogen and oxygen atoms in total. The Hall–Kier alpha value is -2.04. The lowest BCUT2D eigenvalue weighted by molar-refractivity contribution is -0.146. The Morgan fingerprint density at radius 1 is 0.931 bits per heavy atom. The average molecular weight is 402 g/mol. The van der Waals surface area contributed by atoms with Crippen LogP contribution < -0.4 is 5.32 Å². The Balaban J connectivity index is 1.71. The Bertz CT molecular complexity index is 618. The molecule has 160 valence electrons. The SMILES string of the molecule is COC(=O)[C@@H](NC(=O)OCc1ccccc1)C(C1CCCCC1)C1CCCCC1. The van der Waals surface area contributed by atoms with Crippen LogP contribution in [0.2, 0.25) is 0 Å². The quantitative estimate of drug-likeness (QED) is 0.635. The smallest absolute Gasteiger partial charge is 0.408 e. The van der Waals surface area contributed by atoms with E-state index in [9.17, 15) is 9.59 Å². The number of methoxy groups -OCH3 is 1. The lowest BCUT2D eigenvalue weighted by atomic mass is 9.66. The first-order valence-corrected chi connectivity index (χ1v) is 11.2. The van der Waals surface area contributed by atoms with Gasteiger partial charge in [0.2, 0.25) is 0 Å². The summed E-state index contributed by atoms with van der Waals surface area (Å²) >= 11 is 0. The third-order valence-corrected chi connectivity index (χ3v) is 6.71. The van der Waals surface area contributed by atoms with Crippen LogP contribution in [0.3, 0.4) is 0 Å². The fourth-order valence-electron chi connectivity index (χ4n) is 5.30. The summed E-state index contributed by atoms with van der Waals surface area (Å²) in [5.41, 5.74) is 0.924. The third kappa shape index (κ3) is 6.22. The molecule has 29 heavy (non-hydrogen) atoms. The maximum absolute atomic E-state index is 12.8. The maximum atomic E-state index is 12.8. The van der Waals surface area contributed by atoms with Crippen LogP contribution in [0.15, 0.2) is 30.3 Å². The second-order valence-corrected chi connectivity index (χ2v) is 8.58. The molecule has 1 atom stereocenters. The molecule has 1 aromatic rings. The molecule has 2 saturated carbocycles. The standard InChI is InChI=1S/C24H35NO4/c1-28-23(26)22(25-24(27)29-17-18-11-5-2-6-12-18)21(19-13-7-3-8-14-19)20-15-9-4-10-16-20/h2,5-6,11-12,19-22H,3-4,7-10,13-17H2,1H3,(H,25,27)/t22-/m0/s1. The van der Waals surface area contributed by atoms with Gasteiger partial charge in [0.1, 0.15) is 12.6 Å². The first-order chi connectivity index (χ1) is 14.2. The van der Waals surface area contributed by atoms with Gasteiger partial charge >= 0.3 is 12.1 Å². The van der Waals surface area contributed by atoms with E-state index in [2.05, 4.69) is 5.32 Å². The summed E-state index contributed by atoms with van der Waals surface area (Å²) in [5.74, 6) is 0.714. The third-order valence-electron chi connectivity index (χ3n) is 6.71. The molecule has 0 aliphatic heterocycles. The van der Waals surface area contributed by atoms with Crippen molar-refractivity contribution >= 4 is 12.1 Å². The van der Waals surface area contributed by atoms with Gasteiger partial charge in [-0.3, -0.25) is 0 Å². The highest BCUT2D eigenvalue weighted by Crippen LogP contribution is 2.42. The summed E-state index contributed by atoms with van der Waals surface area (Å²) in [6.45, 7) is 0.193. The van der Waals surface area contributed by atoms with Crippen LogP contribution in [-0.2, 0) is 20.9 Å². The van der Waals surface area contributed by atoms with E-state index >= 15 is 0 Å². The molecular formula is C24H35NO4.